The van der Waals surface area contributed by atoms with Crippen LogP contribution in [0.25, 0.3) is 88.6 Å². The highest BCUT2D eigenvalue weighted by Crippen LogP contribution is 2.41. The lowest BCUT2D eigenvalue weighted by Crippen LogP contribution is -2.20. The molecule has 0 spiro atoms. The van der Waals surface area contributed by atoms with Gasteiger partial charge in [0.2, 0.25) is 0 Å². The minimum absolute atomic E-state index is 0. The largest absolute Gasteiger partial charge is 0.369 e. The number of nitrogens with zero attached hydrogens (tertiary/aromatic N) is 18. The van der Waals surface area contributed by atoms with E-state index >= 15 is 0 Å². The molecule has 12 aromatic heterocycles. The van der Waals surface area contributed by atoms with E-state index in [-0.39, 0.29) is 106 Å². The number of halogens is 4. The molecule has 38 heteroatoms. The number of aromatic nitrogens is 18. The number of hydrogen-bond donors (Lipinski definition) is 8. The van der Waals surface area contributed by atoms with Gasteiger partial charge in [-0.1, -0.05) is 135 Å². The quantitative estimate of drug-likeness (QED) is 0.0211. The molecule has 4 amide bonds. The number of pyridine rings is 6. The zero-order valence-corrected chi connectivity index (χ0v) is 83.8. The first-order chi connectivity index (χ1) is 66.4. The van der Waals surface area contributed by atoms with Crippen LogP contribution in [-0.4, -0.2) is 168 Å². The second kappa shape index (κ2) is 49.4. The normalized spacial score (nSPS) is 12.8. The number of fused-ring (bicyclic) bond motifs is 4. The van der Waals surface area contributed by atoms with E-state index in [4.69, 9.17) is 0 Å². The fraction of sp³-hybridized carbons (Fsp3) is 0.282. The molecule has 4 atom stereocenters. The van der Waals surface area contributed by atoms with Crippen LogP contribution in [0.3, 0.4) is 0 Å². The topological polar surface area (TPSA) is 397 Å². The average molecular weight is 1980 g/mol. The van der Waals surface area contributed by atoms with E-state index in [0.717, 1.165) is 128 Å². The third-order valence-electron chi connectivity index (χ3n) is 24.2. The fourth-order valence-electron chi connectivity index (χ4n) is 16.0. The molecule has 18 rings (SSSR count). The summed E-state index contributed by atoms with van der Waals surface area (Å²) in [7, 11) is 5.92. The third kappa shape index (κ3) is 25.4. The first kappa shape index (κ1) is 107. The number of hydrogen-bond acceptors (Lipinski definition) is 26. The Kier molecular flexibility index (Phi) is 37.4. The van der Waals surface area contributed by atoms with E-state index in [1.54, 1.807) is 36.7 Å². The molecule has 2 aliphatic carbocycles. The van der Waals surface area contributed by atoms with E-state index in [0.29, 0.717) is 111 Å². The maximum absolute atomic E-state index is 14.4. The van der Waals surface area contributed by atoms with Crippen molar-refractivity contribution in [1.82, 2.24) is 111 Å². The van der Waals surface area contributed by atoms with E-state index in [1.807, 2.05) is 144 Å². The molecule has 0 saturated heterocycles. The molecule has 0 aliphatic heterocycles. The summed E-state index contributed by atoms with van der Waals surface area (Å²) in [6.45, 7) is 18.7. The molecular formula is C103H112F4N26O4S4. The van der Waals surface area contributed by atoms with Crippen molar-refractivity contribution < 1.29 is 36.7 Å². The fourth-order valence-corrected chi connectivity index (χ4v) is 16.0. The summed E-state index contributed by atoms with van der Waals surface area (Å²) < 4.78 is 57.4. The Balaban J connectivity index is 0.000000178. The van der Waals surface area contributed by atoms with Crippen LogP contribution in [0, 0.1) is 23.3 Å². The first-order valence-corrected chi connectivity index (χ1v) is 45.3. The van der Waals surface area contributed by atoms with E-state index in [2.05, 4.69) is 165 Å². The Morgan fingerprint density at radius 2 is 0.610 bits per heavy atom. The standard InChI is InChI=1S/C26H26FN7O.C26H25FN6O.C26H27FN6O.C25H26FN7O.4H2S/c1-15(18-7-4-8-19-23(26(35)28-2)20(27)13-30-24(18)19)10-29-22-9-21(33-14-34-22)17-11-31-25(32-12-17)16-5-3-6-16;1-15(18-4-3-5-19-24(26(34)28-2)20(27)13-31-25(18)19)11-30-23-10-22(32-14-33-23)17-8-9-21(29-12-17)16-6-7-16;1-15(2)21-9-8-17(12-29-21)22-10-23(33-14-32-22)30-11-16(3)18-6-5-7-19-24(26(34)28-4)20(27)13-31-25(18)19;1-14(2)24-30-10-16(11-31-24)20-8-21(33-13-32-20)28-9-15(3)17-6-5-7-18-22(25(34)27-4)19(26)12-29-23(17)18;;;;/h4,7-9,11-16H,3,5-6,10H2,1-2H3,(H,28,35)(H,29,33,34);3-5,8-10,12-16H,6-7,11H2,1-2H3,(H,28,34)(H,30,32,33);5-10,12-16H,11H2,1-4H3,(H,28,34)(H,30,32,33);5-8,10-15H,9H2,1-4H3,(H,27,34)(H,28,32,33);4*1H2/t2*15-;16-;15-;;;;/m1111..../s1. The maximum Gasteiger partial charge on any atom is 0.254 e. The summed E-state index contributed by atoms with van der Waals surface area (Å²) in [5.41, 5.74) is 14.9. The van der Waals surface area contributed by atoms with Gasteiger partial charge in [0, 0.05) is 212 Å². The van der Waals surface area contributed by atoms with Crippen LogP contribution in [0.4, 0.5) is 40.8 Å². The van der Waals surface area contributed by atoms with Crippen LogP contribution in [0.5, 0.6) is 0 Å². The zero-order valence-electron chi connectivity index (χ0n) is 79.8. The first-order valence-electron chi connectivity index (χ1n) is 45.3. The number of anilines is 4. The van der Waals surface area contributed by atoms with E-state index in [1.165, 1.54) is 72.8 Å². The van der Waals surface area contributed by atoms with Crippen molar-refractivity contribution in [2.45, 2.75) is 135 Å². The van der Waals surface area contributed by atoms with Crippen LogP contribution >= 0.6 is 54.0 Å². The van der Waals surface area contributed by atoms with Crippen LogP contribution in [0.15, 0.2) is 209 Å². The van der Waals surface area contributed by atoms with Crippen molar-refractivity contribution in [1.29, 1.82) is 0 Å². The Morgan fingerprint density at radius 1 is 0.312 bits per heavy atom. The van der Waals surface area contributed by atoms with Gasteiger partial charge in [0.05, 0.1) is 91.9 Å². The lowest BCUT2D eigenvalue weighted by Gasteiger charge is -2.23. The van der Waals surface area contributed by atoms with Gasteiger partial charge in [-0.2, -0.15) is 54.0 Å². The van der Waals surface area contributed by atoms with Gasteiger partial charge < -0.3 is 42.5 Å². The molecule has 730 valence electrons. The third-order valence-corrected chi connectivity index (χ3v) is 24.2. The maximum atomic E-state index is 14.4. The van der Waals surface area contributed by atoms with Crippen molar-refractivity contribution >= 4 is 144 Å². The molecule has 30 nitrogen and oxygen atoms in total. The summed E-state index contributed by atoms with van der Waals surface area (Å²) in [5, 5.41) is 25.4. The lowest BCUT2D eigenvalue weighted by molar-refractivity contribution is 0.0952. The minimum atomic E-state index is -0.645. The molecule has 2 aliphatic rings. The molecular weight excluding hydrogens is 1870 g/mol. The second-order valence-corrected chi connectivity index (χ2v) is 34.3. The van der Waals surface area contributed by atoms with Crippen LogP contribution in [0.1, 0.15) is 222 Å². The number of rotatable bonds is 28. The Labute approximate surface area is 841 Å². The summed E-state index contributed by atoms with van der Waals surface area (Å²) in [5.74, 6) is 1.74. The molecule has 8 N–H and O–H groups in total. The van der Waals surface area contributed by atoms with Crippen molar-refractivity contribution in [3.05, 3.63) is 299 Å². The average Bonchev–Trinajstić information content (AvgIpc) is 1.69. The summed E-state index contributed by atoms with van der Waals surface area (Å²) >= 11 is 0. The summed E-state index contributed by atoms with van der Waals surface area (Å²) in [4.78, 5) is 128. The minimum Gasteiger partial charge on any atom is -0.369 e. The summed E-state index contributed by atoms with van der Waals surface area (Å²) in [6.07, 6.45) is 27.4. The summed E-state index contributed by atoms with van der Waals surface area (Å²) in [6, 6.07) is 37.6. The number of nitrogens with one attached hydrogen (secondary N) is 8. The predicted molar refractivity (Wildman–Crippen MR) is 563 cm³/mol. The lowest BCUT2D eigenvalue weighted by atomic mass is 9.85. The molecule has 0 unspecified atom stereocenters. The van der Waals surface area contributed by atoms with Crippen molar-refractivity contribution in [3.63, 3.8) is 0 Å². The van der Waals surface area contributed by atoms with Crippen molar-refractivity contribution in [2.24, 2.45) is 0 Å². The molecule has 0 bridgehead atoms. The molecule has 12 heterocycles. The van der Waals surface area contributed by atoms with Gasteiger partial charge in [0.1, 0.15) is 60.2 Å². The number of amides is 4. The van der Waals surface area contributed by atoms with Crippen LogP contribution in [-0.2, 0) is 0 Å². The van der Waals surface area contributed by atoms with Gasteiger partial charge in [0.25, 0.3) is 23.6 Å². The molecule has 4 aromatic carbocycles. The van der Waals surface area contributed by atoms with E-state index in [9.17, 15) is 36.7 Å². The number of benzene rings is 4. The zero-order chi connectivity index (χ0) is 96.5. The molecule has 2 fully saturated rings. The van der Waals surface area contributed by atoms with Crippen molar-refractivity contribution in [3.8, 4) is 45.0 Å². The highest BCUT2D eigenvalue weighted by atomic mass is 32.1. The Morgan fingerprint density at radius 3 is 0.872 bits per heavy atom. The number of carbonyl (C=O) groups is 4. The van der Waals surface area contributed by atoms with Crippen LogP contribution < -0.4 is 42.5 Å². The highest BCUT2D eigenvalue weighted by molar-refractivity contribution is 7.59. The van der Waals surface area contributed by atoms with Crippen molar-refractivity contribution in [2.75, 3.05) is 75.6 Å². The van der Waals surface area contributed by atoms with Gasteiger partial charge >= 0.3 is 0 Å². The molecule has 16 aromatic rings. The molecule has 2 saturated carbocycles. The monoisotopic (exact) mass is 1980 g/mol. The second-order valence-electron chi connectivity index (χ2n) is 34.3. The number of carbonyl (C=O) groups excluding carboxylic acids is 4. The van der Waals surface area contributed by atoms with Gasteiger partial charge in [-0.3, -0.25) is 49.1 Å². The highest BCUT2D eigenvalue weighted by Gasteiger charge is 2.29. The van der Waals surface area contributed by atoms with Gasteiger partial charge in [0.15, 0.2) is 23.3 Å². The van der Waals surface area contributed by atoms with Gasteiger partial charge in [-0.05, 0) is 78.1 Å². The predicted octanol–water partition coefficient (Wildman–Crippen LogP) is 18.8. The number of para-hydroxylation sites is 4. The Hall–Kier alpha value is -14.5. The van der Waals surface area contributed by atoms with Crippen LogP contribution in [0.2, 0.25) is 0 Å². The van der Waals surface area contributed by atoms with Gasteiger partial charge in [-0.15, -0.1) is 0 Å². The van der Waals surface area contributed by atoms with E-state index < -0.39 is 46.9 Å². The van der Waals surface area contributed by atoms with Gasteiger partial charge in [-0.25, -0.2) is 77.4 Å². The smallest absolute Gasteiger partial charge is 0.254 e. The Bertz CT molecular complexity index is 6590. The molecule has 141 heavy (non-hydrogen) atoms. The SMILES string of the molecule is CNC(=O)c1c(F)cnc2c([C@H](C)CNc3cc(-c4ccc(C(C)C)nc4)ncn3)cccc12.CNC(=O)c1c(F)cnc2c([C@H](C)CNc3cc(-c4ccc(C5CC5)nc4)ncn3)cccc12.CNC(=O)c1c(F)cnc2c([C@H](C)CNc3cc(-c4cnc(C(C)C)nc4)ncn3)cccc12.CNC(=O)c1c(F)cnc2c([C@H](C)CNc3cc(-c4cnc(C5CCC5)nc4)ncn3)cccc12.S.S.S.S. The molecule has 0 radical (unpaired) electrons.